The molecular weight excluding hydrogens is 1570 g/mol. The van der Waals surface area contributed by atoms with E-state index in [4.69, 9.17) is 61.4 Å². The van der Waals surface area contributed by atoms with Gasteiger partial charge in [-0.2, -0.15) is 59.8 Å². The van der Waals surface area contributed by atoms with Gasteiger partial charge in [0.1, 0.15) is 18.6 Å². The van der Waals surface area contributed by atoms with E-state index in [1.165, 1.54) is 0 Å². The van der Waals surface area contributed by atoms with Crippen molar-refractivity contribution in [1.29, 1.82) is 0 Å². The van der Waals surface area contributed by atoms with Crippen molar-refractivity contribution in [1.82, 2.24) is 70.4 Å². The zero-order valence-corrected chi connectivity index (χ0v) is 68.0. The monoisotopic (exact) mass is 1690 g/mol. The summed E-state index contributed by atoms with van der Waals surface area (Å²) in [4.78, 5) is 141. The number of nitrogens with two attached hydrogens (primary N) is 5. The molecule has 11 saturated heterocycles. The fraction of sp³-hybridized carbons (Fsp3) is 0.750. The van der Waals surface area contributed by atoms with Crippen LogP contribution in [-0.2, 0) is 39.4 Å². The first kappa shape index (κ1) is 89.6. The van der Waals surface area contributed by atoms with E-state index < -0.39 is 58.5 Å². The number of carboxylic acid groups (broad SMARTS) is 6. The lowest BCUT2D eigenvalue weighted by Crippen LogP contribution is -2.42. The third-order valence-corrected chi connectivity index (χ3v) is 23.4. The van der Waals surface area contributed by atoms with Crippen molar-refractivity contribution >= 4 is 118 Å². The molecule has 0 saturated carbocycles. The molecule has 0 radical (unpaired) electrons. The number of hydrogen-bond donors (Lipinski definition) is 16. The molecule has 4 aromatic rings. The van der Waals surface area contributed by atoms with E-state index in [0.29, 0.717) is 169 Å². The highest BCUT2D eigenvalue weighted by atomic mass is 32.2. The SMILES string of the molecule is NC1CC(C(=O)O)N(c2nc(N3CCCCC3)nc(N3CC(N)CC3C(=O)O)n2)C1.NC1CCN(c2nc(N3CCC(C(=O)O)CC3)nc(N3CCC(C(=O)O)CC3)n2)CC1.NC1CCN(c2nc(NCC(=O)O)nc(N3CCC(N)CC3)n2)CC1.O=C(O)C1CCN(c2nc(NC3CCNCC3)nc(NC3CCNCC3)n2)CC1.O=S(=O)=O. The third kappa shape index (κ3) is 26.2. The molecule has 4 aromatic heterocycles. The van der Waals surface area contributed by atoms with Crippen molar-refractivity contribution in [2.24, 2.45) is 46.4 Å². The number of nitrogens with one attached hydrogen (secondary N) is 5. The molecule has 11 fully saturated rings. The summed E-state index contributed by atoms with van der Waals surface area (Å²) < 4.78 is 25.3. The van der Waals surface area contributed by atoms with Gasteiger partial charge in [0.2, 0.25) is 71.4 Å². The second-order valence-corrected chi connectivity index (χ2v) is 32.5. The summed E-state index contributed by atoms with van der Waals surface area (Å²) in [7, 11) is -3.11. The Kier molecular flexibility index (Phi) is 32.5. The molecule has 656 valence electrons. The second kappa shape index (κ2) is 43.2. The molecule has 21 N–H and O–H groups in total. The largest absolute Gasteiger partial charge is 0.481 e. The summed E-state index contributed by atoms with van der Waals surface area (Å²) in [5, 5.41) is 72.4. The molecular formula is C72H117N31O15S. The third-order valence-electron chi connectivity index (χ3n) is 23.4. The summed E-state index contributed by atoms with van der Waals surface area (Å²) >= 11 is 0. The molecule has 11 aliphatic rings. The maximum Gasteiger partial charge on any atom is 0.425 e. The van der Waals surface area contributed by atoms with Gasteiger partial charge in [-0.25, -0.2) is 9.59 Å². The predicted octanol–water partition coefficient (Wildman–Crippen LogP) is -2.04. The molecule has 15 heterocycles. The molecule has 119 heavy (non-hydrogen) atoms. The minimum Gasteiger partial charge on any atom is -0.481 e. The van der Waals surface area contributed by atoms with Crippen molar-refractivity contribution in [2.45, 2.75) is 189 Å². The first-order valence-corrected chi connectivity index (χ1v) is 42.6. The number of piperidine rings is 9. The lowest BCUT2D eigenvalue weighted by molar-refractivity contribution is -0.143. The van der Waals surface area contributed by atoms with E-state index >= 15 is 0 Å². The summed E-state index contributed by atoms with van der Waals surface area (Å²) in [6, 6.07) is -0.944. The Morgan fingerprint density at radius 2 is 0.588 bits per heavy atom. The van der Waals surface area contributed by atoms with Crippen molar-refractivity contribution in [2.75, 3.05) is 197 Å². The number of nitrogens with zero attached hydrogens (tertiary/aromatic N) is 21. The zero-order valence-electron chi connectivity index (χ0n) is 67.2. The van der Waals surface area contributed by atoms with E-state index in [1.54, 1.807) is 9.80 Å². The predicted molar refractivity (Wildman–Crippen MR) is 439 cm³/mol. The lowest BCUT2D eigenvalue weighted by Gasteiger charge is -2.35. The Morgan fingerprint density at radius 3 is 0.882 bits per heavy atom. The highest BCUT2D eigenvalue weighted by Gasteiger charge is 2.42. The van der Waals surface area contributed by atoms with E-state index in [2.05, 4.69) is 91.0 Å². The van der Waals surface area contributed by atoms with Crippen molar-refractivity contribution in [3.63, 3.8) is 0 Å². The Morgan fingerprint density at radius 1 is 0.328 bits per heavy atom. The molecule has 0 amide bonds. The maximum absolute atomic E-state index is 11.8. The van der Waals surface area contributed by atoms with E-state index in [1.807, 2.05) is 14.7 Å². The normalized spacial score (nSPS) is 23.0. The number of anilines is 12. The minimum atomic E-state index is -3.11. The number of aromatic nitrogens is 12. The first-order valence-electron chi connectivity index (χ1n) is 41.6. The summed E-state index contributed by atoms with van der Waals surface area (Å²) in [6.45, 7) is 14.3. The molecule has 15 rings (SSSR count). The molecule has 0 bridgehead atoms. The van der Waals surface area contributed by atoms with Crippen LogP contribution in [0.3, 0.4) is 0 Å². The van der Waals surface area contributed by atoms with Gasteiger partial charge in [0.15, 0.2) is 0 Å². The van der Waals surface area contributed by atoms with E-state index in [0.717, 1.165) is 162 Å². The summed E-state index contributed by atoms with van der Waals surface area (Å²) in [6.07, 6.45) is 16.7. The number of aliphatic carboxylic acids is 6. The van der Waals surface area contributed by atoms with Gasteiger partial charge in [-0.1, -0.05) is 0 Å². The van der Waals surface area contributed by atoms with Gasteiger partial charge >= 0.3 is 46.4 Å². The van der Waals surface area contributed by atoms with Gasteiger partial charge in [0.05, 0.1) is 17.8 Å². The standard InChI is InChI=1S/C20H31N7O4.C19H32N8O2.C18H28N8O4.C15H26N8O2.O3S/c21-15-5-11-27(12-6-15)20-23-18(25-7-1-13(2-8-25)16(28)29)22-19(24-20)26-9-3-14(4-10-26)17(30)31;28-16(29)13-5-11-27(12-6-13)19-25-17(22-14-1-7-20-8-2-14)24-18(26-19)23-15-3-9-21-10-4-15;19-10-6-12(14(27)28)25(8-10)17-21-16(24-4-2-1-3-5-24)22-18(23-17)26-9-11(20)7-13(26)15(29)30;16-10-1-5-22(6-2-10)14-19-13(18-9-12(24)25)20-15(21-14)23-7-3-11(17)4-8-23;1-4(2)3/h13-15H,1-12,21H2,(H,28,29)(H,30,31);13-15,20-21H,1-12H2,(H,28,29)(H2,22,23,24,25,26);10-13H,1-9,19-20H2,(H,27,28)(H,29,30);10-11H,1-9,16-17H2,(H,24,25)(H,18,19,20,21);. The van der Waals surface area contributed by atoms with Crippen molar-refractivity contribution < 1.29 is 72.0 Å². The van der Waals surface area contributed by atoms with Gasteiger partial charge in [0.25, 0.3) is 0 Å². The van der Waals surface area contributed by atoms with Crippen LogP contribution in [0.1, 0.15) is 135 Å². The maximum atomic E-state index is 11.8. The fourth-order valence-electron chi connectivity index (χ4n) is 16.3. The lowest BCUT2D eigenvalue weighted by atomic mass is 9.97. The van der Waals surface area contributed by atoms with Crippen LogP contribution in [0.5, 0.6) is 0 Å². The number of hydrogen-bond acceptors (Lipinski definition) is 40. The topological polar surface area (TPSA) is 649 Å². The van der Waals surface area contributed by atoms with Crippen LogP contribution in [0.15, 0.2) is 0 Å². The second-order valence-electron chi connectivity index (χ2n) is 32.1. The molecule has 11 aliphatic heterocycles. The van der Waals surface area contributed by atoms with Crippen LogP contribution in [0.4, 0.5) is 71.4 Å². The molecule has 0 aliphatic carbocycles. The van der Waals surface area contributed by atoms with Gasteiger partial charge in [0, 0.05) is 147 Å². The van der Waals surface area contributed by atoms with Gasteiger partial charge in [-0.3, -0.25) is 19.2 Å². The van der Waals surface area contributed by atoms with Crippen molar-refractivity contribution in [3.05, 3.63) is 0 Å². The van der Waals surface area contributed by atoms with Crippen LogP contribution < -0.4 is 99.4 Å². The molecule has 4 unspecified atom stereocenters. The number of carbonyl (C=O) groups is 6. The fourth-order valence-corrected chi connectivity index (χ4v) is 16.3. The van der Waals surface area contributed by atoms with Crippen LogP contribution >= 0.6 is 0 Å². The van der Waals surface area contributed by atoms with Crippen LogP contribution in [0.25, 0.3) is 0 Å². The van der Waals surface area contributed by atoms with E-state index in [9.17, 15) is 54.3 Å². The number of rotatable bonds is 21. The summed E-state index contributed by atoms with van der Waals surface area (Å²) in [5.41, 5.74) is 30.0. The average molecular weight is 1690 g/mol. The Labute approximate surface area is 690 Å². The van der Waals surface area contributed by atoms with Gasteiger partial charge < -0.3 is 130 Å². The smallest absolute Gasteiger partial charge is 0.425 e. The Hall–Kier alpha value is -10.2. The molecule has 4 atom stereocenters. The van der Waals surface area contributed by atoms with Crippen LogP contribution in [0, 0.1) is 17.8 Å². The Balaban J connectivity index is 0.000000153. The van der Waals surface area contributed by atoms with Gasteiger partial charge in [-0.05, 0) is 161 Å². The molecule has 46 nitrogen and oxygen atoms in total. The van der Waals surface area contributed by atoms with Crippen molar-refractivity contribution in [3.8, 4) is 0 Å². The minimum absolute atomic E-state index is 0.196. The quantitative estimate of drug-likeness (QED) is 0.0427. The van der Waals surface area contributed by atoms with Crippen LogP contribution in [-0.4, -0.2) is 331 Å². The molecule has 0 aromatic carbocycles. The Bertz CT molecular complexity index is 3940. The average Bonchev–Trinajstić information content (AvgIpc) is 1.64. The van der Waals surface area contributed by atoms with E-state index in [-0.39, 0.29) is 72.4 Å². The van der Waals surface area contributed by atoms with Crippen LogP contribution in [0.2, 0.25) is 0 Å². The highest BCUT2D eigenvalue weighted by molar-refractivity contribution is 7.59. The summed E-state index contributed by atoms with van der Waals surface area (Å²) in [5.74, 6) is -0.166. The molecule has 47 heteroatoms. The first-order chi connectivity index (χ1) is 57.1. The van der Waals surface area contributed by atoms with Gasteiger partial charge in [-0.15, -0.1) is 12.6 Å². The zero-order chi connectivity index (χ0) is 84.8. The molecule has 0 spiro atoms. The highest BCUT2D eigenvalue weighted by Crippen LogP contribution is 2.33. The number of carboxylic acids is 6.